The van der Waals surface area contributed by atoms with E-state index >= 15 is 0 Å². The van der Waals surface area contributed by atoms with Crippen LogP contribution in [0.25, 0.3) is 0 Å². The molecule has 0 amide bonds. The third-order valence-electron chi connectivity index (χ3n) is 5.75. The van der Waals surface area contributed by atoms with Crippen molar-refractivity contribution in [2.24, 2.45) is 10.4 Å². The van der Waals surface area contributed by atoms with Crippen molar-refractivity contribution in [1.29, 1.82) is 0 Å². The van der Waals surface area contributed by atoms with Gasteiger partial charge in [0.2, 0.25) is 0 Å². The number of aliphatic imine (C=N–C) groups is 1. The summed E-state index contributed by atoms with van der Waals surface area (Å²) in [5.41, 5.74) is -0.613. The molecule has 0 radical (unpaired) electrons. The number of halogens is 1. The molecular weight excluding hydrogens is 393 g/mol. The maximum atomic E-state index is 10.2. The predicted molar refractivity (Wildman–Crippen MR) is 101 cm³/mol. The minimum Gasteiger partial charge on any atom is -0.388 e. The zero-order valence-corrected chi connectivity index (χ0v) is 16.9. The van der Waals surface area contributed by atoms with Crippen LogP contribution in [-0.2, 0) is 4.74 Å². The Morgan fingerprint density at radius 3 is 2.36 bits per heavy atom. The van der Waals surface area contributed by atoms with Crippen molar-refractivity contribution in [2.45, 2.75) is 70.6 Å². The van der Waals surface area contributed by atoms with E-state index in [1.165, 1.54) is 0 Å². The van der Waals surface area contributed by atoms with E-state index in [4.69, 9.17) is 4.74 Å². The Labute approximate surface area is 151 Å². The van der Waals surface area contributed by atoms with Crippen molar-refractivity contribution in [3.8, 4) is 0 Å². The van der Waals surface area contributed by atoms with Crippen LogP contribution in [0, 0.1) is 5.41 Å². The van der Waals surface area contributed by atoms with Gasteiger partial charge in [-0.2, -0.15) is 0 Å². The first-order valence-electron chi connectivity index (χ1n) is 8.09. The first kappa shape index (κ1) is 20.0. The number of methoxy groups -OCH3 is 1. The molecule has 2 atom stereocenters. The smallest absolute Gasteiger partial charge is 0.191 e. The molecule has 0 aliphatic heterocycles. The van der Waals surface area contributed by atoms with Crippen LogP contribution in [-0.4, -0.2) is 48.5 Å². The third-order valence-corrected chi connectivity index (χ3v) is 5.75. The number of nitrogens with zero attached hydrogens (tertiary/aromatic N) is 1. The van der Waals surface area contributed by atoms with Gasteiger partial charge in [0, 0.05) is 25.1 Å². The number of aliphatic hydroxyl groups is 1. The summed E-state index contributed by atoms with van der Waals surface area (Å²) in [5.74, 6) is 0.800. The molecular formula is C16H32IN3O2. The Morgan fingerprint density at radius 1 is 1.32 bits per heavy atom. The SMILES string of the molecule is CCNC(=NCC1(O)CCC1)NC1CC(C)(OC)C1(C)C.I. The van der Waals surface area contributed by atoms with Crippen LogP contribution in [0.1, 0.15) is 53.4 Å². The average Bonchev–Trinajstić information content (AvgIpc) is 2.41. The van der Waals surface area contributed by atoms with Crippen LogP contribution in [0.2, 0.25) is 0 Å². The van der Waals surface area contributed by atoms with Crippen LogP contribution in [0.4, 0.5) is 0 Å². The highest BCUT2D eigenvalue weighted by atomic mass is 127. The van der Waals surface area contributed by atoms with Gasteiger partial charge in [0.25, 0.3) is 0 Å². The molecule has 22 heavy (non-hydrogen) atoms. The van der Waals surface area contributed by atoms with Gasteiger partial charge >= 0.3 is 0 Å². The topological polar surface area (TPSA) is 65.9 Å². The van der Waals surface area contributed by atoms with E-state index in [-0.39, 0.29) is 35.0 Å². The minimum absolute atomic E-state index is 0. The number of nitrogens with one attached hydrogen (secondary N) is 2. The standard InChI is InChI=1S/C16H31N3O2.HI/c1-6-17-13(18-11-16(20)8-7-9-16)19-12-10-15(4,21-5)14(12,2)3;/h12,20H,6-11H2,1-5H3,(H2,17,18,19);1H. The second-order valence-corrected chi connectivity index (χ2v) is 7.33. The van der Waals surface area contributed by atoms with E-state index in [1.807, 2.05) is 0 Å². The molecule has 0 heterocycles. The van der Waals surface area contributed by atoms with Crippen molar-refractivity contribution >= 4 is 29.9 Å². The lowest BCUT2D eigenvalue weighted by Gasteiger charge is -2.59. The molecule has 0 spiro atoms. The fraction of sp³-hybridized carbons (Fsp3) is 0.938. The van der Waals surface area contributed by atoms with Crippen LogP contribution in [0.15, 0.2) is 4.99 Å². The molecule has 0 aromatic heterocycles. The zero-order valence-electron chi connectivity index (χ0n) is 14.5. The van der Waals surface area contributed by atoms with Crippen LogP contribution >= 0.6 is 24.0 Å². The molecule has 130 valence electrons. The maximum Gasteiger partial charge on any atom is 0.191 e. The third kappa shape index (κ3) is 3.70. The Kier molecular flexibility index (Phi) is 6.55. The first-order valence-corrected chi connectivity index (χ1v) is 8.09. The van der Waals surface area contributed by atoms with E-state index in [2.05, 4.69) is 43.3 Å². The lowest BCUT2D eigenvalue weighted by atomic mass is 9.56. The summed E-state index contributed by atoms with van der Waals surface area (Å²) in [6.45, 7) is 9.96. The number of ether oxygens (including phenoxy) is 1. The fourth-order valence-corrected chi connectivity index (χ4v) is 3.18. The zero-order chi connectivity index (χ0) is 15.7. The van der Waals surface area contributed by atoms with E-state index in [1.54, 1.807) is 7.11 Å². The Morgan fingerprint density at radius 2 is 1.95 bits per heavy atom. The molecule has 0 bridgehead atoms. The number of hydrogen-bond donors (Lipinski definition) is 3. The van der Waals surface area contributed by atoms with Gasteiger partial charge in [-0.25, -0.2) is 0 Å². The molecule has 2 aliphatic carbocycles. The molecule has 2 fully saturated rings. The van der Waals surface area contributed by atoms with Crippen molar-refractivity contribution in [2.75, 3.05) is 20.2 Å². The molecule has 2 saturated carbocycles. The van der Waals surface area contributed by atoms with E-state index in [0.717, 1.165) is 38.2 Å². The van der Waals surface area contributed by atoms with Gasteiger partial charge in [0.05, 0.1) is 17.7 Å². The second kappa shape index (κ2) is 7.21. The molecule has 0 saturated heterocycles. The molecule has 0 aromatic rings. The Bertz CT molecular complexity index is 410. The lowest BCUT2D eigenvalue weighted by Crippen LogP contribution is -2.69. The van der Waals surface area contributed by atoms with Gasteiger partial charge in [-0.1, -0.05) is 13.8 Å². The summed E-state index contributed by atoms with van der Waals surface area (Å²) in [6, 6.07) is 0.330. The van der Waals surface area contributed by atoms with Gasteiger partial charge in [-0.05, 0) is 39.5 Å². The van der Waals surface area contributed by atoms with Gasteiger partial charge in [0.1, 0.15) is 0 Å². The monoisotopic (exact) mass is 425 g/mol. The average molecular weight is 425 g/mol. The van der Waals surface area contributed by atoms with E-state index in [9.17, 15) is 5.11 Å². The van der Waals surface area contributed by atoms with Crippen molar-refractivity contribution in [1.82, 2.24) is 10.6 Å². The summed E-state index contributed by atoms with van der Waals surface area (Å²) < 4.78 is 5.66. The van der Waals surface area contributed by atoms with E-state index < -0.39 is 5.60 Å². The van der Waals surface area contributed by atoms with Gasteiger partial charge in [-0.3, -0.25) is 4.99 Å². The summed E-state index contributed by atoms with van der Waals surface area (Å²) in [4.78, 5) is 4.57. The quantitative estimate of drug-likeness (QED) is 0.359. The molecule has 2 unspecified atom stereocenters. The molecule has 2 aliphatic rings. The highest BCUT2D eigenvalue weighted by molar-refractivity contribution is 14.0. The van der Waals surface area contributed by atoms with Gasteiger partial charge < -0.3 is 20.5 Å². The maximum absolute atomic E-state index is 10.2. The summed E-state index contributed by atoms with van der Waals surface area (Å²) in [5, 5.41) is 16.9. The molecule has 3 N–H and O–H groups in total. The first-order chi connectivity index (χ1) is 9.76. The fourth-order valence-electron chi connectivity index (χ4n) is 3.18. The Balaban J connectivity index is 0.00000242. The lowest BCUT2D eigenvalue weighted by molar-refractivity contribution is -0.176. The van der Waals surface area contributed by atoms with Crippen molar-refractivity contribution in [3.05, 3.63) is 0 Å². The summed E-state index contributed by atoms with van der Waals surface area (Å²) >= 11 is 0. The second-order valence-electron chi connectivity index (χ2n) is 7.33. The van der Waals surface area contributed by atoms with E-state index in [0.29, 0.717) is 12.6 Å². The summed E-state index contributed by atoms with van der Waals surface area (Å²) in [7, 11) is 1.78. The normalized spacial score (nSPS) is 32.3. The Hall–Kier alpha value is -0.0800. The molecule has 0 aromatic carbocycles. The minimum atomic E-state index is -0.571. The van der Waals surface area contributed by atoms with Gasteiger partial charge in [0.15, 0.2) is 5.96 Å². The predicted octanol–water partition coefficient (Wildman–Crippen LogP) is 2.28. The van der Waals surface area contributed by atoms with Gasteiger partial charge in [-0.15, -0.1) is 24.0 Å². The number of guanidine groups is 1. The van der Waals surface area contributed by atoms with Crippen molar-refractivity contribution in [3.63, 3.8) is 0 Å². The summed E-state index contributed by atoms with van der Waals surface area (Å²) in [6.07, 6.45) is 3.81. The van der Waals surface area contributed by atoms with Crippen LogP contribution in [0.5, 0.6) is 0 Å². The largest absolute Gasteiger partial charge is 0.388 e. The number of hydrogen-bond acceptors (Lipinski definition) is 3. The van der Waals surface area contributed by atoms with Crippen LogP contribution < -0.4 is 10.6 Å². The van der Waals surface area contributed by atoms with Crippen LogP contribution in [0.3, 0.4) is 0 Å². The molecule has 6 heteroatoms. The molecule has 5 nitrogen and oxygen atoms in total. The number of rotatable bonds is 5. The van der Waals surface area contributed by atoms with Crippen molar-refractivity contribution < 1.29 is 9.84 Å². The highest BCUT2D eigenvalue weighted by Crippen LogP contribution is 2.51. The highest BCUT2D eigenvalue weighted by Gasteiger charge is 2.58. The molecule has 2 rings (SSSR count).